The Morgan fingerprint density at radius 2 is 2.27 bits per heavy atom. The molecule has 22 heavy (non-hydrogen) atoms. The lowest BCUT2D eigenvalue weighted by Gasteiger charge is -2.19. The van der Waals surface area contributed by atoms with E-state index in [-0.39, 0.29) is 0 Å². The fourth-order valence-electron chi connectivity index (χ4n) is 2.48. The van der Waals surface area contributed by atoms with Gasteiger partial charge >= 0.3 is 0 Å². The summed E-state index contributed by atoms with van der Waals surface area (Å²) < 4.78 is 12.6. The number of rotatable bonds is 6. The molecule has 1 saturated carbocycles. The molecular weight excluding hydrogens is 282 g/mol. The van der Waals surface area contributed by atoms with Crippen molar-refractivity contribution in [2.75, 3.05) is 0 Å². The summed E-state index contributed by atoms with van der Waals surface area (Å²) in [6.45, 7) is 1.44. The van der Waals surface area contributed by atoms with E-state index in [0.717, 1.165) is 12.4 Å². The summed E-state index contributed by atoms with van der Waals surface area (Å²) >= 11 is 0. The number of furan rings is 1. The summed E-state index contributed by atoms with van der Waals surface area (Å²) in [4.78, 5) is 11.2. The van der Waals surface area contributed by atoms with Crippen LogP contribution in [0, 0.1) is 0 Å². The van der Waals surface area contributed by atoms with E-state index in [1.54, 1.807) is 12.3 Å². The van der Waals surface area contributed by atoms with Gasteiger partial charge in [-0.2, -0.15) is 4.98 Å². The smallest absolute Gasteiger partial charge is 0.293 e. The molecule has 0 spiro atoms. The second-order valence-electron chi connectivity index (χ2n) is 5.58. The molecule has 7 nitrogen and oxygen atoms in total. The Kier molecular flexibility index (Phi) is 3.27. The highest BCUT2D eigenvalue weighted by atomic mass is 16.5. The molecule has 1 aliphatic carbocycles. The molecule has 0 aliphatic heterocycles. The van der Waals surface area contributed by atoms with E-state index < -0.39 is 0 Å². The maximum Gasteiger partial charge on any atom is 0.293 e. The van der Waals surface area contributed by atoms with Crippen molar-refractivity contribution in [3.05, 3.63) is 42.4 Å². The predicted octanol–water partition coefficient (Wildman–Crippen LogP) is 2.23. The molecule has 3 heterocycles. The van der Waals surface area contributed by atoms with Gasteiger partial charge < -0.3 is 13.5 Å². The van der Waals surface area contributed by atoms with Crippen molar-refractivity contribution in [3.8, 4) is 11.7 Å². The van der Waals surface area contributed by atoms with Gasteiger partial charge in [0.1, 0.15) is 5.82 Å². The van der Waals surface area contributed by atoms with E-state index in [2.05, 4.69) is 20.0 Å². The van der Waals surface area contributed by atoms with Crippen molar-refractivity contribution in [1.82, 2.24) is 24.6 Å². The summed E-state index contributed by atoms with van der Waals surface area (Å²) in [6, 6.07) is 4.20. The van der Waals surface area contributed by atoms with Gasteiger partial charge in [0.05, 0.1) is 19.4 Å². The molecule has 0 atom stereocenters. The van der Waals surface area contributed by atoms with E-state index in [4.69, 9.17) is 8.94 Å². The van der Waals surface area contributed by atoms with Gasteiger partial charge in [-0.05, 0) is 25.0 Å². The van der Waals surface area contributed by atoms with Crippen molar-refractivity contribution in [2.24, 2.45) is 7.05 Å². The van der Waals surface area contributed by atoms with Gasteiger partial charge in [0, 0.05) is 25.5 Å². The van der Waals surface area contributed by atoms with Gasteiger partial charge in [0.2, 0.25) is 0 Å². The van der Waals surface area contributed by atoms with Crippen molar-refractivity contribution >= 4 is 0 Å². The predicted molar refractivity (Wildman–Crippen MR) is 77.5 cm³/mol. The molecule has 0 amide bonds. The molecule has 114 valence electrons. The Morgan fingerprint density at radius 1 is 1.36 bits per heavy atom. The molecule has 0 aromatic carbocycles. The Balaban J connectivity index is 1.49. The number of hydrogen-bond donors (Lipinski definition) is 0. The van der Waals surface area contributed by atoms with Crippen LogP contribution >= 0.6 is 0 Å². The average molecular weight is 299 g/mol. The topological polar surface area (TPSA) is 73.1 Å². The third kappa shape index (κ3) is 2.67. The summed E-state index contributed by atoms with van der Waals surface area (Å²) in [5.41, 5.74) is 0. The molecule has 4 rings (SSSR count). The highest BCUT2D eigenvalue weighted by Crippen LogP contribution is 2.29. The normalized spacial score (nSPS) is 14.8. The van der Waals surface area contributed by atoms with Crippen LogP contribution in [0.1, 0.15) is 24.5 Å². The SMILES string of the molecule is Cn1ccnc1CN(Cc1noc(-c2ccco2)n1)C1CC1. The van der Waals surface area contributed by atoms with Crippen LogP contribution in [0.15, 0.2) is 39.7 Å². The number of aryl methyl sites for hydroxylation is 1. The van der Waals surface area contributed by atoms with Crippen LogP contribution in [0.25, 0.3) is 11.7 Å². The molecule has 0 radical (unpaired) electrons. The van der Waals surface area contributed by atoms with Gasteiger partial charge in [-0.3, -0.25) is 4.90 Å². The Bertz CT molecular complexity index is 742. The first-order valence-electron chi connectivity index (χ1n) is 7.36. The zero-order valence-corrected chi connectivity index (χ0v) is 12.3. The third-order valence-corrected chi connectivity index (χ3v) is 3.87. The van der Waals surface area contributed by atoms with E-state index in [9.17, 15) is 0 Å². The van der Waals surface area contributed by atoms with Crippen LogP contribution in [-0.2, 0) is 20.1 Å². The molecule has 7 heteroatoms. The molecule has 3 aromatic rings. The second kappa shape index (κ2) is 5.42. The van der Waals surface area contributed by atoms with Crippen LogP contribution in [0.4, 0.5) is 0 Å². The lowest BCUT2D eigenvalue weighted by Crippen LogP contribution is -2.27. The zero-order chi connectivity index (χ0) is 14.9. The van der Waals surface area contributed by atoms with Crippen LogP contribution in [0.3, 0.4) is 0 Å². The number of nitrogens with zero attached hydrogens (tertiary/aromatic N) is 5. The minimum absolute atomic E-state index is 0.424. The zero-order valence-electron chi connectivity index (χ0n) is 12.3. The summed E-state index contributed by atoms with van der Waals surface area (Å²) in [5, 5.41) is 4.06. The van der Waals surface area contributed by atoms with Gasteiger partial charge in [0.25, 0.3) is 5.89 Å². The van der Waals surface area contributed by atoms with E-state index in [0.29, 0.717) is 30.1 Å². The van der Waals surface area contributed by atoms with Crippen LogP contribution in [0.2, 0.25) is 0 Å². The number of hydrogen-bond acceptors (Lipinski definition) is 6. The minimum atomic E-state index is 0.424. The van der Waals surface area contributed by atoms with Gasteiger partial charge in [0.15, 0.2) is 11.6 Å². The Hall–Kier alpha value is -2.41. The molecule has 1 aliphatic rings. The van der Waals surface area contributed by atoms with E-state index in [1.807, 2.05) is 30.1 Å². The Morgan fingerprint density at radius 3 is 2.95 bits per heavy atom. The monoisotopic (exact) mass is 299 g/mol. The summed E-state index contributed by atoms with van der Waals surface area (Å²) in [5.74, 6) is 2.74. The van der Waals surface area contributed by atoms with Gasteiger partial charge in [-0.15, -0.1) is 0 Å². The van der Waals surface area contributed by atoms with Gasteiger partial charge in [-0.25, -0.2) is 4.98 Å². The second-order valence-corrected chi connectivity index (χ2v) is 5.58. The van der Waals surface area contributed by atoms with Crippen LogP contribution in [0.5, 0.6) is 0 Å². The molecular formula is C15H17N5O2. The van der Waals surface area contributed by atoms with E-state index in [1.165, 1.54) is 12.8 Å². The van der Waals surface area contributed by atoms with Gasteiger partial charge in [-0.1, -0.05) is 5.16 Å². The molecule has 0 unspecified atom stereocenters. The molecule has 0 N–H and O–H groups in total. The fourth-order valence-corrected chi connectivity index (χ4v) is 2.48. The van der Waals surface area contributed by atoms with Crippen LogP contribution in [-0.4, -0.2) is 30.6 Å². The van der Waals surface area contributed by atoms with Crippen molar-refractivity contribution < 1.29 is 8.94 Å². The Labute approximate surface area is 127 Å². The molecule has 3 aromatic heterocycles. The largest absolute Gasteiger partial charge is 0.459 e. The molecule has 1 fully saturated rings. The minimum Gasteiger partial charge on any atom is -0.459 e. The highest BCUT2D eigenvalue weighted by molar-refractivity contribution is 5.42. The summed E-state index contributed by atoms with van der Waals surface area (Å²) in [6.07, 6.45) is 7.81. The third-order valence-electron chi connectivity index (χ3n) is 3.87. The quantitative estimate of drug-likeness (QED) is 0.695. The highest BCUT2D eigenvalue weighted by Gasteiger charge is 2.31. The van der Waals surface area contributed by atoms with E-state index >= 15 is 0 Å². The van der Waals surface area contributed by atoms with Crippen molar-refractivity contribution in [2.45, 2.75) is 32.0 Å². The number of imidazole rings is 1. The van der Waals surface area contributed by atoms with Crippen molar-refractivity contribution in [1.29, 1.82) is 0 Å². The lowest BCUT2D eigenvalue weighted by atomic mass is 10.4. The standard InChI is InChI=1S/C15H17N5O2/c1-19-7-6-16-14(19)10-20(11-4-5-11)9-13-17-15(22-18-13)12-3-2-8-21-12/h2-3,6-8,11H,4-5,9-10H2,1H3. The fraction of sp³-hybridized carbons (Fsp3) is 0.400. The number of aromatic nitrogens is 4. The first kappa shape index (κ1) is 13.3. The first-order valence-corrected chi connectivity index (χ1v) is 7.36. The summed E-state index contributed by atoms with van der Waals surface area (Å²) in [7, 11) is 2.01. The maximum atomic E-state index is 5.28. The van der Waals surface area contributed by atoms with Crippen LogP contribution < -0.4 is 0 Å². The maximum absolute atomic E-state index is 5.28. The molecule has 0 saturated heterocycles. The molecule has 0 bridgehead atoms. The van der Waals surface area contributed by atoms with Crippen molar-refractivity contribution in [3.63, 3.8) is 0 Å². The lowest BCUT2D eigenvalue weighted by molar-refractivity contribution is 0.227. The first-order chi connectivity index (χ1) is 10.8. The average Bonchev–Trinajstić information content (AvgIpc) is 2.93.